The number of hydrogen-bond donors (Lipinski definition) is 2. The van der Waals surface area contributed by atoms with Crippen LogP contribution in [0.2, 0.25) is 0 Å². The molecular formula is C5H10BrN5. The number of nitrogens with two attached hydrogens (primary N) is 1. The van der Waals surface area contributed by atoms with Crippen LogP contribution in [0.4, 0.5) is 11.9 Å². The summed E-state index contributed by atoms with van der Waals surface area (Å²) in [7, 11) is 0. The van der Waals surface area contributed by atoms with Crippen molar-refractivity contribution in [2.75, 3.05) is 17.6 Å². The summed E-state index contributed by atoms with van der Waals surface area (Å²) in [6.07, 6.45) is 1.09. The number of aromatic nitrogens is 3. The molecule has 11 heavy (non-hydrogen) atoms. The molecule has 1 aromatic heterocycles. The van der Waals surface area contributed by atoms with Crippen LogP contribution in [0.1, 0.15) is 6.42 Å². The number of anilines is 2. The van der Waals surface area contributed by atoms with Crippen molar-refractivity contribution >= 4 is 28.9 Å². The smallest absolute Gasteiger partial charge is 0.226 e. The number of hydrogen-bond acceptors (Lipinski definition) is 4. The van der Waals surface area contributed by atoms with E-state index in [-0.39, 0.29) is 17.0 Å². The molecule has 2 rings (SSSR count). The molecule has 0 amide bonds. The van der Waals surface area contributed by atoms with Crippen LogP contribution >= 0.6 is 17.0 Å². The highest BCUT2D eigenvalue weighted by Gasteiger charge is 2.11. The first-order chi connectivity index (χ1) is 4.88. The molecule has 0 aromatic carbocycles. The Kier molecular flexibility index (Phi) is 2.33. The summed E-state index contributed by atoms with van der Waals surface area (Å²) < 4.78 is 1.88. The van der Waals surface area contributed by atoms with E-state index in [2.05, 4.69) is 15.5 Å². The Morgan fingerprint density at radius 1 is 1.45 bits per heavy atom. The predicted octanol–water partition coefficient (Wildman–Crippen LogP) is 0.254. The maximum Gasteiger partial charge on any atom is 0.226 e. The molecule has 62 valence electrons. The zero-order valence-corrected chi connectivity index (χ0v) is 7.66. The molecule has 6 heteroatoms. The molecule has 0 atom stereocenters. The van der Waals surface area contributed by atoms with Crippen molar-refractivity contribution in [2.45, 2.75) is 13.0 Å². The second kappa shape index (κ2) is 3.08. The SMILES string of the molecule is Br.Nc1nnc2n1CCCN2. The van der Waals surface area contributed by atoms with Gasteiger partial charge in [0.25, 0.3) is 0 Å². The second-order valence-electron chi connectivity index (χ2n) is 2.31. The van der Waals surface area contributed by atoms with Gasteiger partial charge < -0.3 is 11.1 Å². The van der Waals surface area contributed by atoms with Crippen LogP contribution in [0.3, 0.4) is 0 Å². The number of nitrogens with zero attached hydrogens (tertiary/aromatic N) is 3. The van der Waals surface area contributed by atoms with Crippen molar-refractivity contribution in [3.8, 4) is 0 Å². The largest absolute Gasteiger partial charge is 0.368 e. The van der Waals surface area contributed by atoms with Gasteiger partial charge in [-0.1, -0.05) is 0 Å². The van der Waals surface area contributed by atoms with E-state index in [1.165, 1.54) is 0 Å². The normalized spacial score (nSPS) is 14.5. The van der Waals surface area contributed by atoms with Crippen molar-refractivity contribution < 1.29 is 0 Å². The Balaban J connectivity index is 0.000000605. The van der Waals surface area contributed by atoms with Crippen molar-refractivity contribution in [3.05, 3.63) is 0 Å². The highest BCUT2D eigenvalue weighted by Crippen LogP contribution is 2.13. The number of rotatable bonds is 0. The lowest BCUT2D eigenvalue weighted by molar-refractivity contribution is 0.633. The third-order valence-electron chi connectivity index (χ3n) is 1.62. The fourth-order valence-electron chi connectivity index (χ4n) is 1.10. The number of nitrogen functional groups attached to an aromatic ring is 1. The van der Waals surface area contributed by atoms with E-state index in [0.717, 1.165) is 25.5 Å². The minimum atomic E-state index is 0. The molecule has 0 bridgehead atoms. The highest BCUT2D eigenvalue weighted by atomic mass is 79.9. The molecule has 0 saturated heterocycles. The Bertz CT molecular complexity index is 245. The predicted molar refractivity (Wildman–Crippen MR) is 47.9 cm³/mol. The molecule has 1 aliphatic heterocycles. The van der Waals surface area contributed by atoms with E-state index in [1.807, 2.05) is 4.57 Å². The van der Waals surface area contributed by atoms with E-state index in [4.69, 9.17) is 5.73 Å². The summed E-state index contributed by atoms with van der Waals surface area (Å²) in [6.45, 7) is 1.90. The molecule has 0 unspecified atom stereocenters. The summed E-state index contributed by atoms with van der Waals surface area (Å²) in [6, 6.07) is 0. The summed E-state index contributed by atoms with van der Waals surface area (Å²) >= 11 is 0. The van der Waals surface area contributed by atoms with Gasteiger partial charge in [0.2, 0.25) is 11.9 Å². The van der Waals surface area contributed by atoms with E-state index in [1.54, 1.807) is 0 Å². The third-order valence-corrected chi connectivity index (χ3v) is 1.62. The molecule has 0 spiro atoms. The quantitative estimate of drug-likeness (QED) is 0.657. The van der Waals surface area contributed by atoms with Crippen molar-refractivity contribution in [2.24, 2.45) is 0 Å². The molecule has 1 aromatic rings. The number of fused-ring (bicyclic) bond motifs is 1. The molecular weight excluding hydrogens is 210 g/mol. The van der Waals surface area contributed by atoms with E-state index < -0.39 is 0 Å². The van der Waals surface area contributed by atoms with E-state index in [0.29, 0.717) is 5.95 Å². The van der Waals surface area contributed by atoms with Crippen LogP contribution in [-0.4, -0.2) is 21.3 Å². The molecule has 0 fully saturated rings. The highest BCUT2D eigenvalue weighted by molar-refractivity contribution is 8.93. The van der Waals surface area contributed by atoms with Crippen LogP contribution in [0.25, 0.3) is 0 Å². The van der Waals surface area contributed by atoms with E-state index in [9.17, 15) is 0 Å². The van der Waals surface area contributed by atoms with Gasteiger partial charge >= 0.3 is 0 Å². The Labute approximate surface area is 74.7 Å². The molecule has 3 N–H and O–H groups in total. The van der Waals surface area contributed by atoms with Gasteiger partial charge in [0.15, 0.2) is 0 Å². The van der Waals surface area contributed by atoms with Crippen molar-refractivity contribution in [1.29, 1.82) is 0 Å². The van der Waals surface area contributed by atoms with E-state index >= 15 is 0 Å². The molecule has 2 heterocycles. The topological polar surface area (TPSA) is 68.8 Å². The van der Waals surface area contributed by atoms with Gasteiger partial charge in [0.1, 0.15) is 0 Å². The Morgan fingerprint density at radius 3 is 3.00 bits per heavy atom. The fraction of sp³-hybridized carbons (Fsp3) is 0.600. The van der Waals surface area contributed by atoms with Gasteiger partial charge in [-0.05, 0) is 6.42 Å². The summed E-state index contributed by atoms with van der Waals surface area (Å²) in [5.41, 5.74) is 5.51. The monoisotopic (exact) mass is 219 g/mol. The fourth-order valence-corrected chi connectivity index (χ4v) is 1.10. The van der Waals surface area contributed by atoms with Crippen LogP contribution < -0.4 is 11.1 Å². The maximum atomic E-state index is 5.51. The maximum absolute atomic E-state index is 5.51. The first-order valence-electron chi connectivity index (χ1n) is 3.30. The lowest BCUT2D eigenvalue weighted by Crippen LogP contribution is -2.18. The van der Waals surface area contributed by atoms with Gasteiger partial charge in [-0.3, -0.25) is 4.57 Å². The molecule has 1 aliphatic rings. The molecule has 0 aliphatic carbocycles. The number of halogens is 1. The van der Waals surface area contributed by atoms with Crippen LogP contribution in [-0.2, 0) is 6.54 Å². The summed E-state index contributed by atoms with van der Waals surface area (Å²) in [5, 5.41) is 10.7. The van der Waals surface area contributed by atoms with Crippen LogP contribution in [0.5, 0.6) is 0 Å². The lowest BCUT2D eigenvalue weighted by Gasteiger charge is -2.14. The van der Waals surface area contributed by atoms with Crippen LogP contribution in [0, 0.1) is 0 Å². The van der Waals surface area contributed by atoms with Crippen LogP contribution in [0.15, 0.2) is 0 Å². The first-order valence-corrected chi connectivity index (χ1v) is 3.30. The third kappa shape index (κ3) is 1.30. The first kappa shape index (κ1) is 8.32. The Hall–Kier alpha value is -0.780. The zero-order valence-electron chi connectivity index (χ0n) is 5.95. The summed E-state index contributed by atoms with van der Waals surface area (Å²) in [4.78, 5) is 0. The average Bonchev–Trinajstić information content (AvgIpc) is 2.34. The minimum absolute atomic E-state index is 0. The van der Waals surface area contributed by atoms with Gasteiger partial charge in [-0.2, -0.15) is 0 Å². The average molecular weight is 220 g/mol. The van der Waals surface area contributed by atoms with Crippen molar-refractivity contribution in [3.63, 3.8) is 0 Å². The number of nitrogens with one attached hydrogen (secondary N) is 1. The van der Waals surface area contributed by atoms with Crippen molar-refractivity contribution in [1.82, 2.24) is 14.8 Å². The standard InChI is InChI=1S/C5H9N5.BrH/c6-4-8-9-5-7-2-1-3-10(4)5;/h1-3H2,(H2,6,8)(H,7,9);1H. The zero-order chi connectivity index (χ0) is 6.97. The minimum Gasteiger partial charge on any atom is -0.368 e. The van der Waals surface area contributed by atoms with Gasteiger partial charge in [0, 0.05) is 13.1 Å². The van der Waals surface area contributed by atoms with Gasteiger partial charge in [-0.25, -0.2) is 0 Å². The molecule has 0 saturated carbocycles. The second-order valence-corrected chi connectivity index (χ2v) is 2.31. The molecule has 0 radical (unpaired) electrons. The van der Waals surface area contributed by atoms with Gasteiger partial charge in [-0.15, -0.1) is 27.2 Å². The molecule has 5 nitrogen and oxygen atoms in total. The van der Waals surface area contributed by atoms with Gasteiger partial charge in [0.05, 0.1) is 0 Å². The Morgan fingerprint density at radius 2 is 2.27 bits per heavy atom. The lowest BCUT2D eigenvalue weighted by atomic mass is 10.4. The summed E-state index contributed by atoms with van der Waals surface area (Å²) in [5.74, 6) is 1.30.